The van der Waals surface area contributed by atoms with Crippen LogP contribution < -0.4 is 4.74 Å². The van der Waals surface area contributed by atoms with Crippen LogP contribution in [0, 0.1) is 0 Å². The fraction of sp³-hybridized carbons (Fsp3) is 0.370. The molecule has 1 fully saturated rings. The molecule has 6 heteroatoms. The van der Waals surface area contributed by atoms with Crippen LogP contribution in [0.15, 0.2) is 66.0 Å². The van der Waals surface area contributed by atoms with Gasteiger partial charge in [-0.2, -0.15) is 0 Å². The number of ether oxygens (including phenoxy) is 1. The predicted octanol–water partition coefficient (Wildman–Crippen LogP) is 4.38. The molecule has 1 saturated heterocycles. The second-order valence-corrected chi connectivity index (χ2v) is 9.97. The molecule has 2 aliphatic rings. The predicted molar refractivity (Wildman–Crippen MR) is 132 cm³/mol. The van der Waals surface area contributed by atoms with Crippen molar-refractivity contribution in [1.29, 1.82) is 0 Å². The maximum Gasteiger partial charge on any atom is 0.263 e. The van der Waals surface area contributed by atoms with Crippen LogP contribution in [0.5, 0.6) is 5.75 Å². The van der Waals surface area contributed by atoms with Crippen LogP contribution in [0.1, 0.15) is 30.0 Å². The van der Waals surface area contributed by atoms with E-state index >= 15 is 0 Å². The summed E-state index contributed by atoms with van der Waals surface area (Å²) >= 11 is 1.73. The van der Waals surface area contributed by atoms with Gasteiger partial charge in [-0.1, -0.05) is 36.4 Å². The standard InChI is InChI=1S/C27H30N2O3S/c1-28(23(19-6-3-2-4-7-19)18-29-14-13-22(30)17-29)27(31)25-12-9-20-16-21(10-11-24(20)32-25)26-8-5-15-33-26/h2-8,10-11,15-16,22-23,25,30H,9,12-14,17-18H2,1H3/t22-,23?,25+/m0/s1. The van der Waals surface area contributed by atoms with Gasteiger partial charge in [-0.3, -0.25) is 9.69 Å². The molecule has 2 aromatic carbocycles. The summed E-state index contributed by atoms with van der Waals surface area (Å²) in [5.41, 5.74) is 3.47. The first-order valence-corrected chi connectivity index (χ1v) is 12.5. The van der Waals surface area contributed by atoms with E-state index in [1.807, 2.05) is 36.2 Å². The number of rotatable bonds is 6. The number of benzene rings is 2. The Kier molecular flexibility index (Phi) is 6.49. The molecule has 5 nitrogen and oxygen atoms in total. The molecule has 3 atom stereocenters. The minimum atomic E-state index is -0.481. The van der Waals surface area contributed by atoms with Gasteiger partial charge in [0, 0.05) is 31.6 Å². The molecule has 33 heavy (non-hydrogen) atoms. The van der Waals surface area contributed by atoms with Crippen molar-refractivity contribution in [2.75, 3.05) is 26.7 Å². The van der Waals surface area contributed by atoms with Crippen LogP contribution in [0.25, 0.3) is 10.4 Å². The first kappa shape index (κ1) is 22.1. The van der Waals surface area contributed by atoms with Gasteiger partial charge in [0.1, 0.15) is 5.75 Å². The molecule has 172 valence electrons. The lowest BCUT2D eigenvalue weighted by Crippen LogP contribution is -2.46. The van der Waals surface area contributed by atoms with Crippen LogP contribution in [-0.2, 0) is 11.2 Å². The highest BCUT2D eigenvalue weighted by Crippen LogP contribution is 2.34. The third-order valence-corrected chi connectivity index (χ3v) is 7.68. The fourth-order valence-corrected chi connectivity index (χ4v) is 5.61. The molecule has 3 heterocycles. The van der Waals surface area contributed by atoms with E-state index < -0.39 is 6.10 Å². The largest absolute Gasteiger partial charge is 0.480 e. The molecule has 0 spiro atoms. The highest BCUT2D eigenvalue weighted by molar-refractivity contribution is 7.13. The van der Waals surface area contributed by atoms with E-state index in [0.29, 0.717) is 19.5 Å². The molecule has 1 aromatic heterocycles. The summed E-state index contributed by atoms with van der Waals surface area (Å²) in [6.07, 6.45) is 1.53. The van der Waals surface area contributed by atoms with Gasteiger partial charge in [0.25, 0.3) is 5.91 Å². The third-order valence-electron chi connectivity index (χ3n) is 6.76. The zero-order chi connectivity index (χ0) is 22.8. The molecule has 1 unspecified atom stereocenters. The van der Waals surface area contributed by atoms with Gasteiger partial charge in [0.15, 0.2) is 6.10 Å². The van der Waals surface area contributed by atoms with Gasteiger partial charge < -0.3 is 14.7 Å². The van der Waals surface area contributed by atoms with Crippen LogP contribution in [0.4, 0.5) is 0 Å². The topological polar surface area (TPSA) is 53.0 Å². The number of carbonyl (C=O) groups excluding carboxylic acids is 1. The van der Waals surface area contributed by atoms with Crippen molar-refractivity contribution in [3.8, 4) is 16.2 Å². The molecule has 5 rings (SSSR count). The van der Waals surface area contributed by atoms with Gasteiger partial charge in [-0.05, 0) is 65.6 Å². The van der Waals surface area contributed by atoms with Crippen molar-refractivity contribution in [2.24, 2.45) is 0 Å². The maximum atomic E-state index is 13.5. The van der Waals surface area contributed by atoms with Crippen molar-refractivity contribution < 1.29 is 14.6 Å². The number of carbonyl (C=O) groups is 1. The molecule has 3 aromatic rings. The number of amides is 1. The van der Waals surface area contributed by atoms with Crippen molar-refractivity contribution in [3.63, 3.8) is 0 Å². The third kappa shape index (κ3) is 4.83. The van der Waals surface area contributed by atoms with E-state index in [2.05, 4.69) is 46.7 Å². The van der Waals surface area contributed by atoms with E-state index in [-0.39, 0.29) is 18.1 Å². The molecule has 0 radical (unpaired) electrons. The second kappa shape index (κ2) is 9.67. The lowest BCUT2D eigenvalue weighted by molar-refractivity contribution is -0.140. The zero-order valence-corrected chi connectivity index (χ0v) is 19.7. The van der Waals surface area contributed by atoms with Gasteiger partial charge in [0.2, 0.25) is 0 Å². The van der Waals surface area contributed by atoms with Crippen molar-refractivity contribution >= 4 is 17.2 Å². The smallest absolute Gasteiger partial charge is 0.263 e. The SMILES string of the molecule is CN(C(=O)[C@H]1CCc2cc(-c3cccs3)ccc2O1)C(CN1CC[C@H](O)C1)c1ccccc1. The Morgan fingerprint density at radius 3 is 2.76 bits per heavy atom. The summed E-state index contributed by atoms with van der Waals surface area (Å²) in [5, 5.41) is 12.1. The van der Waals surface area contributed by atoms with E-state index in [9.17, 15) is 9.90 Å². The van der Waals surface area contributed by atoms with Crippen LogP contribution in [0.3, 0.4) is 0 Å². The lowest BCUT2D eigenvalue weighted by Gasteiger charge is -2.35. The first-order chi connectivity index (χ1) is 16.1. The number of hydrogen-bond donors (Lipinski definition) is 1. The van der Waals surface area contributed by atoms with Gasteiger partial charge >= 0.3 is 0 Å². The second-order valence-electron chi connectivity index (χ2n) is 9.02. The van der Waals surface area contributed by atoms with E-state index in [1.165, 1.54) is 16.0 Å². The fourth-order valence-electron chi connectivity index (χ4n) is 4.89. The number of β-amino-alcohol motifs (C(OH)–C–C–N with tert-alkyl or cyclic N) is 1. The molecule has 0 aliphatic carbocycles. The Hall–Kier alpha value is -2.67. The highest BCUT2D eigenvalue weighted by Gasteiger charge is 2.34. The zero-order valence-electron chi connectivity index (χ0n) is 18.9. The summed E-state index contributed by atoms with van der Waals surface area (Å²) in [6.45, 7) is 2.22. The Balaban J connectivity index is 1.32. The minimum absolute atomic E-state index is 0.0107. The number of nitrogens with zero attached hydrogens (tertiary/aromatic N) is 2. The first-order valence-electron chi connectivity index (χ1n) is 11.6. The molecule has 2 aliphatic heterocycles. The number of hydrogen-bond acceptors (Lipinski definition) is 5. The van der Waals surface area contributed by atoms with Crippen LogP contribution in [-0.4, -0.2) is 59.7 Å². The monoisotopic (exact) mass is 462 g/mol. The summed E-state index contributed by atoms with van der Waals surface area (Å²) < 4.78 is 6.22. The Labute approximate surface area is 199 Å². The molecular formula is C27H30N2O3S. The van der Waals surface area contributed by atoms with Crippen molar-refractivity contribution in [2.45, 2.75) is 37.5 Å². The average molecular weight is 463 g/mol. The van der Waals surface area contributed by atoms with Gasteiger partial charge in [-0.15, -0.1) is 11.3 Å². The van der Waals surface area contributed by atoms with E-state index in [1.54, 1.807) is 11.3 Å². The van der Waals surface area contributed by atoms with Crippen LogP contribution >= 0.6 is 11.3 Å². The molecule has 1 N–H and O–H groups in total. The van der Waals surface area contributed by atoms with Gasteiger partial charge in [0.05, 0.1) is 12.1 Å². The number of aryl methyl sites for hydroxylation is 1. The number of likely N-dealkylation sites (N-methyl/N-ethyl adjacent to an activating group) is 1. The molecule has 0 saturated carbocycles. The summed E-state index contributed by atoms with van der Waals surface area (Å²) in [5.74, 6) is 0.823. The summed E-state index contributed by atoms with van der Waals surface area (Å²) in [6, 6.07) is 20.5. The molecule has 0 bridgehead atoms. The van der Waals surface area contributed by atoms with Crippen LogP contribution in [0.2, 0.25) is 0 Å². The number of fused-ring (bicyclic) bond motifs is 1. The maximum absolute atomic E-state index is 13.5. The van der Waals surface area contributed by atoms with E-state index in [0.717, 1.165) is 30.7 Å². The van der Waals surface area contributed by atoms with Crippen molar-refractivity contribution in [1.82, 2.24) is 9.80 Å². The molecule has 1 amide bonds. The Morgan fingerprint density at radius 1 is 1.18 bits per heavy atom. The highest BCUT2D eigenvalue weighted by atomic mass is 32.1. The number of thiophene rings is 1. The Morgan fingerprint density at radius 2 is 2.03 bits per heavy atom. The average Bonchev–Trinajstić information content (AvgIpc) is 3.53. The lowest BCUT2D eigenvalue weighted by atomic mass is 9.98. The normalized spacial score (nSPS) is 21.3. The molecular weight excluding hydrogens is 432 g/mol. The van der Waals surface area contributed by atoms with E-state index in [4.69, 9.17) is 4.74 Å². The number of aliphatic hydroxyl groups excluding tert-OH is 1. The number of aliphatic hydroxyl groups is 1. The summed E-state index contributed by atoms with van der Waals surface area (Å²) in [4.78, 5) is 18.9. The quantitative estimate of drug-likeness (QED) is 0.591. The Bertz CT molecular complexity index is 1090. The van der Waals surface area contributed by atoms with Gasteiger partial charge in [-0.25, -0.2) is 0 Å². The number of likely N-dealkylation sites (tertiary alicyclic amines) is 1. The minimum Gasteiger partial charge on any atom is -0.480 e. The van der Waals surface area contributed by atoms with Crippen molar-refractivity contribution in [3.05, 3.63) is 77.2 Å². The summed E-state index contributed by atoms with van der Waals surface area (Å²) in [7, 11) is 1.88.